The van der Waals surface area contributed by atoms with Crippen LogP contribution in [0.1, 0.15) is 53.9 Å². The first-order chi connectivity index (χ1) is 13.4. The summed E-state index contributed by atoms with van der Waals surface area (Å²) in [5.74, 6) is 0.146. The molecule has 0 aromatic heterocycles. The van der Waals surface area contributed by atoms with E-state index in [9.17, 15) is 18.4 Å². The molecule has 2 heterocycles. The number of piperidine rings is 2. The maximum atomic E-state index is 14.3. The molecule has 2 fully saturated rings. The highest BCUT2D eigenvalue weighted by atomic mass is 19.1. The number of alkyl halides is 2. The van der Waals surface area contributed by atoms with Crippen LogP contribution < -0.4 is 0 Å². The summed E-state index contributed by atoms with van der Waals surface area (Å²) in [5, 5.41) is 0. The Hall–Kier alpha value is -1.72. The van der Waals surface area contributed by atoms with E-state index in [1.165, 1.54) is 12.2 Å². The first-order valence-corrected chi connectivity index (χ1v) is 10.6. The van der Waals surface area contributed by atoms with Crippen LogP contribution in [0, 0.1) is 17.8 Å². The van der Waals surface area contributed by atoms with Crippen molar-refractivity contribution in [2.75, 3.05) is 26.2 Å². The molecule has 2 aliphatic rings. The summed E-state index contributed by atoms with van der Waals surface area (Å²) in [6.45, 7) is 18.2. The van der Waals surface area contributed by atoms with Crippen LogP contribution >= 0.6 is 0 Å². The highest BCUT2D eigenvalue weighted by molar-refractivity contribution is 5.87. The third-order valence-electron chi connectivity index (χ3n) is 6.39. The summed E-state index contributed by atoms with van der Waals surface area (Å²) >= 11 is 0. The van der Waals surface area contributed by atoms with Gasteiger partial charge < -0.3 is 9.80 Å². The van der Waals surface area contributed by atoms with Gasteiger partial charge in [0, 0.05) is 19.6 Å². The number of likely N-dealkylation sites (tertiary alicyclic amines) is 2. The van der Waals surface area contributed by atoms with Crippen LogP contribution in [-0.2, 0) is 9.59 Å². The molecule has 0 bridgehead atoms. The molecule has 0 spiro atoms. The second-order valence-electron chi connectivity index (χ2n) is 9.10. The molecule has 0 radical (unpaired) electrons. The fourth-order valence-electron chi connectivity index (χ4n) is 4.32. The van der Waals surface area contributed by atoms with Gasteiger partial charge in [0.05, 0.1) is 6.54 Å². The summed E-state index contributed by atoms with van der Waals surface area (Å²) in [6.07, 6.45) is 4.19. The summed E-state index contributed by atoms with van der Waals surface area (Å²) < 4.78 is 28.4. The molecular weight excluding hydrogens is 374 g/mol. The van der Waals surface area contributed by atoms with Gasteiger partial charge in [-0.3, -0.25) is 9.59 Å². The summed E-state index contributed by atoms with van der Waals surface area (Å²) in [4.78, 5) is 25.8. The molecule has 0 aromatic rings. The topological polar surface area (TPSA) is 40.6 Å². The summed E-state index contributed by atoms with van der Waals surface area (Å²) in [7, 11) is 0. The highest BCUT2D eigenvalue weighted by Gasteiger charge is 2.42. The van der Waals surface area contributed by atoms with Crippen molar-refractivity contribution in [1.29, 1.82) is 0 Å². The number of halogens is 2. The van der Waals surface area contributed by atoms with Crippen LogP contribution in [0.25, 0.3) is 0 Å². The van der Waals surface area contributed by atoms with Crippen molar-refractivity contribution in [3.05, 3.63) is 25.3 Å². The molecule has 0 aliphatic carbocycles. The van der Waals surface area contributed by atoms with Crippen molar-refractivity contribution in [2.45, 2.75) is 65.2 Å². The quantitative estimate of drug-likeness (QED) is 0.635. The molecule has 166 valence electrons. The van der Waals surface area contributed by atoms with Gasteiger partial charge in [-0.05, 0) is 56.1 Å². The zero-order chi connectivity index (χ0) is 22.4. The molecular formula is C23H38F2N2O2. The molecule has 0 aromatic carbocycles. The fraction of sp³-hybridized carbons (Fsp3) is 0.739. The Balaban J connectivity index is 0.000000291. The van der Waals surface area contributed by atoms with Crippen molar-refractivity contribution in [1.82, 2.24) is 9.80 Å². The Bertz CT molecular complexity index is 594. The van der Waals surface area contributed by atoms with Gasteiger partial charge in [0.15, 0.2) is 0 Å². The molecule has 2 aliphatic heterocycles. The zero-order valence-electron chi connectivity index (χ0n) is 18.7. The molecule has 2 amide bonds. The number of hydrogen-bond acceptors (Lipinski definition) is 2. The number of rotatable bonds is 4. The second-order valence-corrected chi connectivity index (χ2v) is 9.10. The van der Waals surface area contributed by atoms with Crippen molar-refractivity contribution in [3.8, 4) is 0 Å². The van der Waals surface area contributed by atoms with Crippen LogP contribution in [0.15, 0.2) is 25.3 Å². The maximum absolute atomic E-state index is 14.3. The minimum Gasteiger partial charge on any atom is -0.339 e. The minimum atomic E-state index is -1.27. The Labute approximate surface area is 175 Å². The number of carbonyl (C=O) groups is 2. The molecule has 2 rings (SSSR count). The monoisotopic (exact) mass is 412 g/mol. The van der Waals surface area contributed by atoms with Gasteiger partial charge >= 0.3 is 0 Å². The highest BCUT2D eigenvalue weighted by Crippen LogP contribution is 2.36. The normalized spacial score (nSPS) is 26.6. The van der Waals surface area contributed by atoms with E-state index >= 15 is 0 Å². The van der Waals surface area contributed by atoms with Crippen LogP contribution in [0.2, 0.25) is 0 Å². The van der Waals surface area contributed by atoms with Crippen LogP contribution in [0.4, 0.5) is 8.78 Å². The van der Waals surface area contributed by atoms with E-state index in [2.05, 4.69) is 13.2 Å². The molecule has 4 nitrogen and oxygen atoms in total. The second kappa shape index (κ2) is 10.4. The molecule has 29 heavy (non-hydrogen) atoms. The van der Waals surface area contributed by atoms with E-state index in [1.807, 2.05) is 27.7 Å². The Morgan fingerprint density at radius 3 is 1.83 bits per heavy atom. The predicted molar refractivity (Wildman–Crippen MR) is 114 cm³/mol. The standard InChI is InChI=1S/C12H20FNO.C11H18FNO/c1-5-11(15)14-7-6-10(9(2)3)12(4,13)8-14;1-4-10(14)13-7-5-11(12,6-8-13)9(2)3/h5,9-10H,1,6-8H2,2-4H3;4,9H,1,5-8H2,2-3H3. The molecule has 2 saturated heterocycles. The summed E-state index contributed by atoms with van der Waals surface area (Å²) in [6, 6.07) is 0. The van der Waals surface area contributed by atoms with E-state index in [-0.39, 0.29) is 30.2 Å². The Morgan fingerprint density at radius 2 is 1.45 bits per heavy atom. The third-order valence-corrected chi connectivity index (χ3v) is 6.39. The van der Waals surface area contributed by atoms with Crippen LogP contribution in [0.5, 0.6) is 0 Å². The van der Waals surface area contributed by atoms with Gasteiger partial charge in [-0.2, -0.15) is 0 Å². The largest absolute Gasteiger partial charge is 0.339 e. The van der Waals surface area contributed by atoms with Crippen LogP contribution in [0.3, 0.4) is 0 Å². The average Bonchev–Trinajstić information content (AvgIpc) is 2.66. The molecule has 2 unspecified atom stereocenters. The zero-order valence-corrected chi connectivity index (χ0v) is 18.7. The maximum Gasteiger partial charge on any atom is 0.246 e. The Kier molecular flexibility index (Phi) is 9.04. The first kappa shape index (κ1) is 25.3. The Morgan fingerprint density at radius 1 is 0.966 bits per heavy atom. The van der Waals surface area contributed by atoms with E-state index in [1.54, 1.807) is 16.7 Å². The van der Waals surface area contributed by atoms with Gasteiger partial charge in [0.1, 0.15) is 11.3 Å². The van der Waals surface area contributed by atoms with E-state index in [0.717, 1.165) is 6.42 Å². The van der Waals surface area contributed by atoms with Crippen LogP contribution in [-0.4, -0.2) is 59.1 Å². The van der Waals surface area contributed by atoms with E-state index < -0.39 is 11.3 Å². The van der Waals surface area contributed by atoms with Gasteiger partial charge in [-0.1, -0.05) is 40.9 Å². The van der Waals surface area contributed by atoms with Gasteiger partial charge in [-0.15, -0.1) is 0 Å². The predicted octanol–water partition coefficient (Wildman–Crippen LogP) is 4.56. The SMILES string of the molecule is C=CC(=O)N1CCC(C(C)C)C(C)(F)C1.C=CC(=O)N1CCC(F)(C(C)C)CC1. The fourth-order valence-corrected chi connectivity index (χ4v) is 4.32. The lowest BCUT2D eigenvalue weighted by atomic mass is 9.77. The first-order valence-electron chi connectivity index (χ1n) is 10.6. The van der Waals surface area contributed by atoms with Crippen molar-refractivity contribution in [2.24, 2.45) is 17.8 Å². The van der Waals surface area contributed by atoms with Gasteiger partial charge in [0.25, 0.3) is 0 Å². The molecule has 6 heteroatoms. The number of carbonyl (C=O) groups excluding carboxylic acids is 2. The lowest BCUT2D eigenvalue weighted by Crippen LogP contribution is -2.52. The van der Waals surface area contributed by atoms with Crippen molar-refractivity contribution >= 4 is 11.8 Å². The van der Waals surface area contributed by atoms with Crippen molar-refractivity contribution in [3.63, 3.8) is 0 Å². The minimum absolute atomic E-state index is 0.0310. The number of hydrogen-bond donors (Lipinski definition) is 0. The van der Waals surface area contributed by atoms with Gasteiger partial charge in [0.2, 0.25) is 11.8 Å². The van der Waals surface area contributed by atoms with E-state index in [0.29, 0.717) is 38.4 Å². The molecule has 0 N–H and O–H groups in total. The molecule has 2 atom stereocenters. The third kappa shape index (κ3) is 6.65. The average molecular weight is 413 g/mol. The van der Waals surface area contributed by atoms with Gasteiger partial charge in [-0.25, -0.2) is 8.78 Å². The summed E-state index contributed by atoms with van der Waals surface area (Å²) in [5.41, 5.74) is -2.36. The lowest BCUT2D eigenvalue weighted by Gasteiger charge is -2.42. The number of amides is 2. The van der Waals surface area contributed by atoms with Crippen molar-refractivity contribution < 1.29 is 18.4 Å². The lowest BCUT2D eigenvalue weighted by molar-refractivity contribution is -0.132. The smallest absolute Gasteiger partial charge is 0.246 e. The van der Waals surface area contributed by atoms with E-state index in [4.69, 9.17) is 0 Å². The molecule has 0 saturated carbocycles. The number of nitrogens with zero attached hydrogens (tertiary/aromatic N) is 2.